The van der Waals surface area contributed by atoms with E-state index < -0.39 is 0 Å². The lowest BCUT2D eigenvalue weighted by Gasteiger charge is -2.15. The molecule has 0 saturated heterocycles. The minimum Gasteiger partial charge on any atom is -0.237 e. The van der Waals surface area contributed by atoms with E-state index >= 15 is 0 Å². The molecular weight excluding hydrogens is 345 g/mol. The van der Waals surface area contributed by atoms with Crippen LogP contribution in [0.4, 0.5) is 0 Å². The Labute approximate surface area is 141 Å². The summed E-state index contributed by atoms with van der Waals surface area (Å²) in [5.41, 5.74) is 1.82. The van der Waals surface area contributed by atoms with Gasteiger partial charge in [0.15, 0.2) is 11.3 Å². The van der Waals surface area contributed by atoms with Crippen LogP contribution >= 0.6 is 34.8 Å². The largest absolute Gasteiger partial charge is 0.237 e. The fraction of sp³-hybridized carbons (Fsp3) is 0.143. The Morgan fingerprint density at radius 2 is 2.05 bits per heavy atom. The molecule has 0 fully saturated rings. The number of nitriles is 1. The standard InChI is InChI=1S/C14H8Cl3N5/c1-7(9-3-2-8(15)4-10(9)16)22-14-13(11(5-18)21-22)20-12(17)6-19-14/h2-4,6-7H,1H3. The van der Waals surface area contributed by atoms with E-state index in [1.54, 1.807) is 16.8 Å². The maximum Gasteiger partial charge on any atom is 0.190 e. The number of aromatic nitrogens is 4. The van der Waals surface area contributed by atoms with Gasteiger partial charge < -0.3 is 0 Å². The van der Waals surface area contributed by atoms with Crippen molar-refractivity contribution in [1.29, 1.82) is 5.26 Å². The van der Waals surface area contributed by atoms with Gasteiger partial charge in [0, 0.05) is 10.0 Å². The maximum absolute atomic E-state index is 9.20. The molecule has 0 spiro atoms. The van der Waals surface area contributed by atoms with Gasteiger partial charge in [-0.25, -0.2) is 14.6 Å². The maximum atomic E-state index is 9.20. The first kappa shape index (κ1) is 15.0. The molecule has 1 atom stereocenters. The third-order valence-corrected chi connectivity index (χ3v) is 4.00. The highest BCUT2D eigenvalue weighted by atomic mass is 35.5. The molecule has 22 heavy (non-hydrogen) atoms. The summed E-state index contributed by atoms with van der Waals surface area (Å²) in [5.74, 6) is 0. The number of nitrogens with zero attached hydrogens (tertiary/aromatic N) is 5. The van der Waals surface area contributed by atoms with Crippen molar-refractivity contribution in [2.75, 3.05) is 0 Å². The fourth-order valence-electron chi connectivity index (χ4n) is 2.21. The van der Waals surface area contributed by atoms with Gasteiger partial charge in [-0.2, -0.15) is 10.4 Å². The summed E-state index contributed by atoms with van der Waals surface area (Å²) in [6, 6.07) is 6.98. The summed E-state index contributed by atoms with van der Waals surface area (Å²) in [7, 11) is 0. The van der Waals surface area contributed by atoms with E-state index in [4.69, 9.17) is 34.8 Å². The zero-order chi connectivity index (χ0) is 15.9. The van der Waals surface area contributed by atoms with Crippen LogP contribution in [0.2, 0.25) is 15.2 Å². The number of hydrogen-bond acceptors (Lipinski definition) is 4. The molecule has 3 rings (SSSR count). The Morgan fingerprint density at radius 3 is 2.73 bits per heavy atom. The molecule has 110 valence electrons. The lowest BCUT2D eigenvalue weighted by Crippen LogP contribution is -2.10. The molecule has 2 heterocycles. The van der Waals surface area contributed by atoms with Gasteiger partial charge >= 0.3 is 0 Å². The van der Waals surface area contributed by atoms with E-state index in [9.17, 15) is 5.26 Å². The Kier molecular flexibility index (Phi) is 3.92. The summed E-state index contributed by atoms with van der Waals surface area (Å²) in [6.45, 7) is 1.90. The van der Waals surface area contributed by atoms with Gasteiger partial charge in [-0.15, -0.1) is 0 Å². The van der Waals surface area contributed by atoms with Crippen molar-refractivity contribution in [2.45, 2.75) is 13.0 Å². The van der Waals surface area contributed by atoms with Gasteiger partial charge in [0.25, 0.3) is 0 Å². The topological polar surface area (TPSA) is 67.4 Å². The predicted molar refractivity (Wildman–Crippen MR) is 85.3 cm³/mol. The third kappa shape index (κ3) is 2.50. The first-order valence-electron chi connectivity index (χ1n) is 6.27. The normalized spacial score (nSPS) is 12.3. The van der Waals surface area contributed by atoms with Crippen LogP contribution in [0, 0.1) is 11.3 Å². The third-order valence-electron chi connectivity index (χ3n) is 3.26. The molecular formula is C14H8Cl3N5. The van der Waals surface area contributed by atoms with Gasteiger partial charge in [-0.1, -0.05) is 40.9 Å². The number of benzene rings is 1. The van der Waals surface area contributed by atoms with Gasteiger partial charge in [-0.05, 0) is 24.6 Å². The molecule has 1 aromatic carbocycles. The first-order chi connectivity index (χ1) is 10.5. The van der Waals surface area contributed by atoms with Crippen molar-refractivity contribution in [1.82, 2.24) is 19.7 Å². The molecule has 0 radical (unpaired) electrons. The van der Waals surface area contributed by atoms with Crippen LogP contribution in [0.15, 0.2) is 24.4 Å². The van der Waals surface area contributed by atoms with E-state index in [2.05, 4.69) is 15.1 Å². The van der Waals surface area contributed by atoms with Crippen molar-refractivity contribution < 1.29 is 0 Å². The van der Waals surface area contributed by atoms with Crippen molar-refractivity contribution in [3.63, 3.8) is 0 Å². The molecule has 8 heteroatoms. The number of rotatable bonds is 2. The molecule has 0 aliphatic heterocycles. The predicted octanol–water partition coefficient (Wildman–Crippen LogP) is 4.27. The Hall–Kier alpha value is -1.87. The zero-order valence-electron chi connectivity index (χ0n) is 11.3. The van der Waals surface area contributed by atoms with E-state index in [1.807, 2.05) is 19.1 Å². The summed E-state index contributed by atoms with van der Waals surface area (Å²) in [5, 5.41) is 14.8. The lowest BCUT2D eigenvalue weighted by atomic mass is 10.1. The van der Waals surface area contributed by atoms with Crippen molar-refractivity contribution in [3.05, 3.63) is 50.9 Å². The van der Waals surface area contributed by atoms with Crippen LogP contribution in [0.3, 0.4) is 0 Å². The highest BCUT2D eigenvalue weighted by Crippen LogP contribution is 2.30. The minimum atomic E-state index is -0.246. The van der Waals surface area contributed by atoms with Crippen molar-refractivity contribution >= 4 is 46.0 Å². The van der Waals surface area contributed by atoms with E-state index in [1.165, 1.54) is 6.20 Å². The Balaban J connectivity index is 2.19. The highest BCUT2D eigenvalue weighted by Gasteiger charge is 2.20. The molecule has 0 bridgehead atoms. The van der Waals surface area contributed by atoms with Crippen molar-refractivity contribution in [2.24, 2.45) is 0 Å². The van der Waals surface area contributed by atoms with Gasteiger partial charge in [-0.3, -0.25) is 0 Å². The second kappa shape index (κ2) is 5.73. The summed E-state index contributed by atoms with van der Waals surface area (Å²) < 4.78 is 1.60. The smallest absolute Gasteiger partial charge is 0.190 e. The van der Waals surface area contributed by atoms with Crippen LogP contribution in [0.1, 0.15) is 24.2 Å². The molecule has 0 aliphatic rings. The molecule has 0 N–H and O–H groups in total. The molecule has 0 aliphatic carbocycles. The van der Waals surface area contributed by atoms with Gasteiger partial charge in [0.2, 0.25) is 0 Å². The number of hydrogen-bond donors (Lipinski definition) is 0. The molecule has 3 aromatic rings. The molecule has 0 amide bonds. The second-order valence-electron chi connectivity index (χ2n) is 4.61. The number of fused-ring (bicyclic) bond motifs is 1. The summed E-state index contributed by atoms with van der Waals surface area (Å²) in [4.78, 5) is 8.35. The van der Waals surface area contributed by atoms with E-state index in [-0.39, 0.29) is 16.9 Å². The quantitative estimate of drug-likeness (QED) is 0.691. The summed E-state index contributed by atoms with van der Waals surface area (Å²) in [6.07, 6.45) is 1.42. The summed E-state index contributed by atoms with van der Waals surface area (Å²) >= 11 is 18.0. The zero-order valence-corrected chi connectivity index (χ0v) is 13.5. The minimum absolute atomic E-state index is 0.168. The van der Waals surface area contributed by atoms with Crippen LogP contribution in [0.5, 0.6) is 0 Å². The van der Waals surface area contributed by atoms with Gasteiger partial charge in [0.05, 0.1) is 12.2 Å². The molecule has 5 nitrogen and oxygen atoms in total. The molecule has 0 saturated carbocycles. The van der Waals surface area contributed by atoms with Crippen LogP contribution in [0.25, 0.3) is 11.2 Å². The Morgan fingerprint density at radius 1 is 1.27 bits per heavy atom. The van der Waals surface area contributed by atoms with E-state index in [0.717, 1.165) is 5.56 Å². The fourth-order valence-corrected chi connectivity index (χ4v) is 2.91. The molecule has 2 aromatic heterocycles. The SMILES string of the molecule is CC(c1ccc(Cl)cc1Cl)n1nc(C#N)c2nc(Cl)cnc21. The second-order valence-corrected chi connectivity index (χ2v) is 5.84. The highest BCUT2D eigenvalue weighted by molar-refractivity contribution is 6.35. The van der Waals surface area contributed by atoms with Gasteiger partial charge in [0.1, 0.15) is 16.7 Å². The van der Waals surface area contributed by atoms with Crippen LogP contribution < -0.4 is 0 Å². The monoisotopic (exact) mass is 351 g/mol. The Bertz CT molecular complexity index is 913. The average Bonchev–Trinajstić information content (AvgIpc) is 2.84. The molecule has 1 unspecified atom stereocenters. The average molecular weight is 353 g/mol. The first-order valence-corrected chi connectivity index (χ1v) is 7.40. The number of halogens is 3. The van der Waals surface area contributed by atoms with Crippen LogP contribution in [-0.4, -0.2) is 19.7 Å². The lowest BCUT2D eigenvalue weighted by molar-refractivity contribution is 0.577. The van der Waals surface area contributed by atoms with Crippen molar-refractivity contribution in [3.8, 4) is 6.07 Å². The van der Waals surface area contributed by atoms with Crippen LogP contribution in [-0.2, 0) is 0 Å². The van der Waals surface area contributed by atoms with E-state index in [0.29, 0.717) is 21.2 Å².